The van der Waals surface area contributed by atoms with Crippen LogP contribution in [0, 0.1) is 42.5 Å². The van der Waals surface area contributed by atoms with Crippen LogP contribution >= 0.6 is 24.8 Å². The molecule has 2 radical (unpaired) electrons. The topological polar surface area (TPSA) is 0 Å². The summed E-state index contributed by atoms with van der Waals surface area (Å²) in [6, 6.07) is 39.4. The number of fused-ring (bicyclic) bond motifs is 2. The molecule has 0 unspecified atom stereocenters. The Hall–Kier alpha value is -2.39. The van der Waals surface area contributed by atoms with E-state index in [0.717, 1.165) is 0 Å². The zero-order chi connectivity index (χ0) is 25.7. The quantitative estimate of drug-likeness (QED) is 0.134. The number of benzene rings is 4. The molecule has 0 aliphatic rings. The van der Waals surface area contributed by atoms with Gasteiger partial charge in [-0.2, -0.15) is 0 Å². The first-order valence-electron chi connectivity index (χ1n) is 12.2. The van der Waals surface area contributed by atoms with E-state index in [2.05, 4.69) is 145 Å². The van der Waals surface area contributed by atoms with Gasteiger partial charge < -0.3 is 14.9 Å². The molecule has 0 atom stereocenters. The van der Waals surface area contributed by atoms with Crippen LogP contribution in [0.5, 0.6) is 0 Å². The predicted molar refractivity (Wildman–Crippen MR) is 182 cm³/mol. The molecule has 0 fully saturated rings. The van der Waals surface area contributed by atoms with E-state index in [1.54, 1.807) is 19.2 Å². The van der Waals surface area contributed by atoms with Crippen molar-refractivity contribution in [2.24, 2.45) is 0 Å². The second-order valence-electron chi connectivity index (χ2n) is 9.34. The molecule has 0 saturated heterocycles. The van der Waals surface area contributed by atoms with E-state index < -0.39 is 0 Å². The summed E-state index contributed by atoms with van der Waals surface area (Å²) in [4.78, 5) is 0. The maximum atomic E-state index is 2.97. The Morgan fingerprint density at radius 3 is 1.15 bits per heavy atom. The zero-order valence-electron chi connectivity index (χ0n) is 24.2. The van der Waals surface area contributed by atoms with Gasteiger partial charge in [0.2, 0.25) is 0 Å². The van der Waals surface area contributed by atoms with Crippen LogP contribution in [-0.4, -0.2) is 7.63 Å². The third-order valence-corrected chi connectivity index (χ3v) is 6.92. The fraction of sp³-hybridized carbons (Fsp3) is 0.111. The van der Waals surface area contributed by atoms with E-state index in [0.29, 0.717) is 0 Å². The van der Waals surface area contributed by atoms with Crippen molar-refractivity contribution in [3.05, 3.63) is 146 Å². The molecule has 0 heterocycles. The van der Waals surface area contributed by atoms with Crippen molar-refractivity contribution in [2.45, 2.75) is 27.7 Å². The van der Waals surface area contributed by atoms with Gasteiger partial charge in [0.1, 0.15) is 0 Å². The van der Waals surface area contributed by atoms with Crippen LogP contribution in [0.15, 0.2) is 109 Å². The van der Waals surface area contributed by atoms with E-state index in [9.17, 15) is 0 Å². The van der Waals surface area contributed by atoms with Gasteiger partial charge in [-0.3, -0.25) is 0 Å². The molecule has 0 saturated carbocycles. The van der Waals surface area contributed by atoms with Crippen LogP contribution in [0.25, 0.3) is 43.8 Å². The van der Waals surface area contributed by atoms with Crippen molar-refractivity contribution in [3.8, 4) is 22.3 Å². The molecular weight excluding hydrogens is 579 g/mol. The first-order chi connectivity index (χ1) is 17.5. The van der Waals surface area contributed by atoms with E-state index >= 15 is 0 Å². The Kier molecular flexibility index (Phi) is 16.4. The van der Waals surface area contributed by atoms with E-state index in [4.69, 9.17) is 0 Å². The summed E-state index contributed by atoms with van der Waals surface area (Å²) in [5, 5.41) is 5.28. The summed E-state index contributed by atoms with van der Waals surface area (Å²) >= 11 is 1.81. The zero-order valence-corrected chi connectivity index (χ0v) is 28.4. The Morgan fingerprint density at radius 1 is 0.475 bits per heavy atom. The normalized spacial score (nSPS) is 9.38. The second-order valence-corrected chi connectivity index (χ2v) is 9.34. The summed E-state index contributed by atoms with van der Waals surface area (Å²) < 4.78 is 0. The minimum atomic E-state index is 0. The average Bonchev–Trinajstić information content (AvgIpc) is 3.53. The molecule has 0 spiro atoms. The first-order valence-corrected chi connectivity index (χ1v) is 15.0. The monoisotopic (exact) mass is 616 g/mol. The van der Waals surface area contributed by atoms with Crippen molar-refractivity contribution in [1.29, 1.82) is 0 Å². The van der Waals surface area contributed by atoms with Gasteiger partial charge in [0, 0.05) is 0 Å². The second kappa shape index (κ2) is 17.4. The van der Waals surface area contributed by atoms with Crippen LogP contribution in [-0.2, 0) is 19.2 Å². The van der Waals surface area contributed by atoms with Gasteiger partial charge in [-0.1, -0.05) is 95.1 Å². The first kappa shape index (κ1) is 37.6. The van der Waals surface area contributed by atoms with Crippen LogP contribution in [0.2, 0.25) is 0 Å². The molecule has 208 valence electrons. The van der Waals surface area contributed by atoms with Crippen LogP contribution < -0.4 is 0 Å². The molecule has 0 N–H and O–H groups in total. The van der Waals surface area contributed by atoms with Crippen LogP contribution in [0.1, 0.15) is 22.3 Å². The summed E-state index contributed by atoms with van der Waals surface area (Å²) in [7, 11) is 2.97. The maximum absolute atomic E-state index is 2.97. The van der Waals surface area contributed by atoms with Crippen molar-refractivity contribution < 1.29 is 19.2 Å². The Balaban J connectivity index is 0.000000655. The molecule has 0 bridgehead atoms. The van der Waals surface area contributed by atoms with Gasteiger partial charge in [0.05, 0.1) is 0 Å². The molecule has 40 heavy (non-hydrogen) atoms. The number of hydrogen-bond acceptors (Lipinski definition) is 0. The molecule has 0 amide bonds. The predicted octanol–water partition coefficient (Wildman–Crippen LogP) is 11.0. The van der Waals surface area contributed by atoms with E-state index in [-0.39, 0.29) is 39.7 Å². The molecule has 0 aliphatic carbocycles. The number of rotatable bonds is 2. The van der Waals surface area contributed by atoms with Gasteiger partial charge in [-0.05, 0) is 38.8 Å². The SMILES string of the molecule is Cc1ccc(-c2cc3ccccc3[cH-]2)cc1C.Cc1ccc(-c2cc3ccccc3[cH-]2)cc1C.Cl.Cl.[CH3-].[CH3-].[Si]=[Ti]. The standard InChI is InChI=1S/2C17H15.2CH3.2ClH.Si.Ti/c2*1-12-7-8-16(9-13(12)2)17-10-14-5-3-4-6-15(14)11-17;;;;;;/h2*3-11H,1-2H3;2*1H3;2*1H;;/q4*-1;;;;. The molecular formula is C36H38Cl2SiTi-4. The summed E-state index contributed by atoms with van der Waals surface area (Å²) in [6.45, 7) is 8.64. The van der Waals surface area contributed by atoms with Gasteiger partial charge in [-0.25, -0.2) is 0 Å². The van der Waals surface area contributed by atoms with Crippen LogP contribution in [0.3, 0.4) is 0 Å². The number of aryl methyl sites for hydroxylation is 4. The fourth-order valence-electron chi connectivity index (χ4n) is 4.48. The van der Waals surface area contributed by atoms with Gasteiger partial charge >= 0.3 is 26.8 Å². The van der Waals surface area contributed by atoms with Crippen molar-refractivity contribution in [2.75, 3.05) is 0 Å². The van der Waals surface area contributed by atoms with Gasteiger partial charge in [0.15, 0.2) is 0 Å². The number of hydrogen-bond donors (Lipinski definition) is 0. The summed E-state index contributed by atoms with van der Waals surface area (Å²) in [6.07, 6.45) is 0. The van der Waals surface area contributed by atoms with E-state index in [1.165, 1.54) is 66.1 Å². The molecule has 6 rings (SSSR count). The van der Waals surface area contributed by atoms with Crippen molar-refractivity contribution in [1.82, 2.24) is 0 Å². The van der Waals surface area contributed by atoms with Gasteiger partial charge in [-0.15, -0.1) is 93.9 Å². The molecule has 4 heteroatoms. The molecule has 0 nitrogen and oxygen atoms in total. The summed E-state index contributed by atoms with van der Waals surface area (Å²) in [5.41, 5.74) is 10.7. The average molecular weight is 618 g/mol. The third kappa shape index (κ3) is 8.80. The van der Waals surface area contributed by atoms with Gasteiger partial charge in [0.25, 0.3) is 0 Å². The Labute approximate surface area is 267 Å². The minimum absolute atomic E-state index is 0. The van der Waals surface area contributed by atoms with Crippen molar-refractivity contribution in [3.63, 3.8) is 0 Å². The van der Waals surface area contributed by atoms with Crippen molar-refractivity contribution >= 4 is 54.0 Å². The Morgan fingerprint density at radius 2 is 0.825 bits per heavy atom. The molecule has 6 aromatic carbocycles. The fourth-order valence-corrected chi connectivity index (χ4v) is 4.48. The Bertz CT molecular complexity index is 1440. The third-order valence-electron chi connectivity index (χ3n) is 6.92. The molecule has 0 aromatic heterocycles. The summed E-state index contributed by atoms with van der Waals surface area (Å²) in [5.74, 6) is 0. The molecule has 0 aliphatic heterocycles. The van der Waals surface area contributed by atoms with E-state index in [1.807, 2.05) is 0 Å². The molecule has 6 aromatic rings. The van der Waals surface area contributed by atoms with Crippen LogP contribution in [0.4, 0.5) is 0 Å². The number of halogens is 2.